The van der Waals surface area contributed by atoms with Gasteiger partial charge in [-0.25, -0.2) is 9.78 Å². The summed E-state index contributed by atoms with van der Waals surface area (Å²) in [5.41, 5.74) is 0.604. The maximum Gasteiger partial charge on any atom is 0.416 e. The second-order valence-corrected chi connectivity index (χ2v) is 6.83. The Bertz CT molecular complexity index is 956. The van der Waals surface area contributed by atoms with Crippen LogP contribution in [0.5, 0.6) is 5.75 Å². The highest BCUT2D eigenvalue weighted by Gasteiger charge is 2.31. The van der Waals surface area contributed by atoms with E-state index < -0.39 is 17.7 Å². The van der Waals surface area contributed by atoms with Gasteiger partial charge in [0.15, 0.2) is 5.69 Å². The summed E-state index contributed by atoms with van der Waals surface area (Å²) < 4.78 is 49.8. The summed E-state index contributed by atoms with van der Waals surface area (Å²) in [5.74, 6) is -0.251. The predicted molar refractivity (Wildman–Crippen MR) is 110 cm³/mol. The number of hydrogen-bond acceptors (Lipinski definition) is 5. The van der Waals surface area contributed by atoms with E-state index in [1.54, 1.807) is 0 Å². The van der Waals surface area contributed by atoms with Crippen LogP contribution in [0.4, 0.5) is 13.2 Å². The standard InChI is InChI=1S/C20H16F3NO3S.C2H6/c1-26-19(25)16-12-28-18(24-16)10-14-9-15(20(21,22)23)7-8-17(14)27-11-13-5-3-2-4-6-13;1-2/h2-9,12H,10-11H2,1H3;1-2H3. The van der Waals surface area contributed by atoms with Crippen molar-refractivity contribution in [2.75, 3.05) is 7.11 Å². The minimum Gasteiger partial charge on any atom is -0.489 e. The predicted octanol–water partition coefficient (Wildman–Crippen LogP) is 6.14. The number of benzene rings is 2. The quantitative estimate of drug-likeness (QED) is 0.434. The average molecular weight is 437 g/mol. The molecule has 1 aromatic heterocycles. The Labute approximate surface area is 177 Å². The first-order chi connectivity index (χ1) is 14.4. The minimum atomic E-state index is -4.47. The highest BCUT2D eigenvalue weighted by atomic mass is 32.1. The molecule has 1 heterocycles. The number of ether oxygens (including phenoxy) is 2. The van der Waals surface area contributed by atoms with Crippen LogP contribution < -0.4 is 4.74 Å². The highest BCUT2D eigenvalue weighted by Crippen LogP contribution is 2.34. The molecule has 0 radical (unpaired) electrons. The molecule has 0 fully saturated rings. The van der Waals surface area contributed by atoms with Crippen molar-refractivity contribution in [2.45, 2.75) is 33.1 Å². The molecule has 8 heteroatoms. The van der Waals surface area contributed by atoms with E-state index in [1.165, 1.54) is 29.9 Å². The molecule has 0 aliphatic carbocycles. The number of hydrogen-bond donors (Lipinski definition) is 0. The molecule has 0 atom stereocenters. The molecule has 3 aromatic rings. The topological polar surface area (TPSA) is 48.4 Å². The highest BCUT2D eigenvalue weighted by molar-refractivity contribution is 7.09. The number of rotatable bonds is 6. The zero-order chi connectivity index (χ0) is 22.1. The van der Waals surface area contributed by atoms with Crippen molar-refractivity contribution in [1.29, 1.82) is 0 Å². The first kappa shape index (κ1) is 23.4. The molecule has 30 heavy (non-hydrogen) atoms. The number of esters is 1. The van der Waals surface area contributed by atoms with Crippen molar-refractivity contribution >= 4 is 17.3 Å². The van der Waals surface area contributed by atoms with Gasteiger partial charge in [-0.15, -0.1) is 11.3 Å². The summed E-state index contributed by atoms with van der Waals surface area (Å²) in [6.45, 7) is 4.23. The van der Waals surface area contributed by atoms with Crippen LogP contribution in [0.1, 0.15) is 46.0 Å². The molecular weight excluding hydrogens is 415 g/mol. The average Bonchev–Trinajstić information content (AvgIpc) is 3.22. The molecule has 0 amide bonds. The monoisotopic (exact) mass is 437 g/mol. The summed E-state index contributed by atoms with van der Waals surface area (Å²) in [4.78, 5) is 15.7. The summed E-state index contributed by atoms with van der Waals surface area (Å²) in [6, 6.07) is 12.7. The third-order valence-electron chi connectivity index (χ3n) is 3.91. The van der Waals surface area contributed by atoms with E-state index in [1.807, 2.05) is 44.2 Å². The van der Waals surface area contributed by atoms with Crippen LogP contribution in [0.2, 0.25) is 0 Å². The van der Waals surface area contributed by atoms with Crippen molar-refractivity contribution in [1.82, 2.24) is 4.98 Å². The van der Waals surface area contributed by atoms with Gasteiger partial charge >= 0.3 is 12.1 Å². The Balaban J connectivity index is 0.00000155. The van der Waals surface area contributed by atoms with E-state index in [9.17, 15) is 18.0 Å². The second kappa shape index (κ2) is 10.8. The molecule has 0 saturated carbocycles. The minimum absolute atomic E-state index is 0.107. The van der Waals surface area contributed by atoms with Gasteiger partial charge in [0.1, 0.15) is 12.4 Å². The Hall–Kier alpha value is -2.87. The van der Waals surface area contributed by atoms with E-state index in [4.69, 9.17) is 4.74 Å². The lowest BCUT2D eigenvalue weighted by Crippen LogP contribution is -2.07. The normalized spacial score (nSPS) is 10.7. The van der Waals surface area contributed by atoms with Crippen molar-refractivity contribution in [3.63, 3.8) is 0 Å². The Morgan fingerprint density at radius 3 is 2.43 bits per heavy atom. The van der Waals surface area contributed by atoms with Gasteiger partial charge in [-0.3, -0.25) is 0 Å². The lowest BCUT2D eigenvalue weighted by molar-refractivity contribution is -0.137. The lowest BCUT2D eigenvalue weighted by atomic mass is 10.1. The summed E-state index contributed by atoms with van der Waals surface area (Å²) >= 11 is 1.18. The van der Waals surface area contributed by atoms with E-state index in [-0.39, 0.29) is 18.7 Å². The van der Waals surface area contributed by atoms with Crippen molar-refractivity contribution in [3.8, 4) is 5.75 Å². The van der Waals surface area contributed by atoms with Gasteiger partial charge < -0.3 is 9.47 Å². The van der Waals surface area contributed by atoms with Crippen LogP contribution in [0.15, 0.2) is 53.9 Å². The molecule has 0 bridgehead atoms. The molecule has 0 saturated heterocycles. The number of halogens is 3. The van der Waals surface area contributed by atoms with Crippen molar-refractivity contribution in [2.24, 2.45) is 0 Å². The first-order valence-corrected chi connectivity index (χ1v) is 10.1. The van der Waals surface area contributed by atoms with Gasteiger partial charge in [0.25, 0.3) is 0 Å². The zero-order valence-corrected chi connectivity index (χ0v) is 17.6. The maximum atomic E-state index is 13.1. The van der Waals surface area contributed by atoms with Gasteiger partial charge in [0.05, 0.1) is 17.7 Å². The van der Waals surface area contributed by atoms with Crippen LogP contribution in [-0.4, -0.2) is 18.1 Å². The molecule has 2 aromatic carbocycles. The maximum absolute atomic E-state index is 13.1. The van der Waals surface area contributed by atoms with Crippen molar-refractivity contribution < 1.29 is 27.4 Å². The molecule has 0 unspecified atom stereocenters. The van der Waals surface area contributed by atoms with Crippen molar-refractivity contribution in [3.05, 3.63) is 81.3 Å². The molecule has 0 aliphatic rings. The van der Waals surface area contributed by atoms with E-state index >= 15 is 0 Å². The second-order valence-electron chi connectivity index (χ2n) is 5.89. The molecule has 0 N–H and O–H groups in total. The van der Waals surface area contributed by atoms with Crippen LogP contribution in [-0.2, 0) is 23.9 Å². The largest absolute Gasteiger partial charge is 0.489 e. The van der Waals surface area contributed by atoms with Crippen LogP contribution >= 0.6 is 11.3 Å². The van der Waals surface area contributed by atoms with Gasteiger partial charge in [-0.2, -0.15) is 13.2 Å². The number of methoxy groups -OCH3 is 1. The van der Waals surface area contributed by atoms with Gasteiger partial charge in [0, 0.05) is 17.4 Å². The van der Waals surface area contributed by atoms with E-state index in [0.717, 1.165) is 17.7 Å². The molecule has 3 rings (SSSR count). The Morgan fingerprint density at radius 1 is 1.10 bits per heavy atom. The van der Waals surface area contributed by atoms with Crippen LogP contribution in [0, 0.1) is 0 Å². The third kappa shape index (κ3) is 6.32. The number of alkyl halides is 3. The van der Waals surface area contributed by atoms with E-state index in [2.05, 4.69) is 9.72 Å². The zero-order valence-electron chi connectivity index (χ0n) is 16.8. The van der Waals surface area contributed by atoms with Gasteiger partial charge in [0.2, 0.25) is 0 Å². The van der Waals surface area contributed by atoms with Crippen LogP contribution in [0.3, 0.4) is 0 Å². The smallest absolute Gasteiger partial charge is 0.416 e. The number of carbonyl (C=O) groups is 1. The lowest BCUT2D eigenvalue weighted by Gasteiger charge is -2.14. The van der Waals surface area contributed by atoms with Crippen LogP contribution in [0.25, 0.3) is 0 Å². The number of thiazole rings is 1. The molecule has 4 nitrogen and oxygen atoms in total. The number of carbonyl (C=O) groups excluding carboxylic acids is 1. The summed E-state index contributed by atoms with van der Waals surface area (Å²) in [6.07, 6.45) is -4.36. The van der Waals surface area contributed by atoms with E-state index in [0.29, 0.717) is 16.3 Å². The Kier molecular flexibility index (Phi) is 8.41. The molecular formula is C22H22F3NO3S. The number of aromatic nitrogens is 1. The number of nitrogens with zero attached hydrogens (tertiary/aromatic N) is 1. The fraction of sp³-hybridized carbons (Fsp3) is 0.273. The Morgan fingerprint density at radius 2 is 1.80 bits per heavy atom. The third-order valence-corrected chi connectivity index (χ3v) is 4.76. The summed E-state index contributed by atoms with van der Waals surface area (Å²) in [5, 5.41) is 2.00. The van der Waals surface area contributed by atoms with Gasteiger partial charge in [-0.05, 0) is 23.8 Å². The molecule has 0 aliphatic heterocycles. The SMILES string of the molecule is CC.COC(=O)c1csc(Cc2cc(C(F)(F)F)ccc2OCc2ccccc2)n1. The first-order valence-electron chi connectivity index (χ1n) is 9.26. The fourth-order valence-corrected chi connectivity index (χ4v) is 3.31. The van der Waals surface area contributed by atoms with Gasteiger partial charge in [-0.1, -0.05) is 44.2 Å². The molecule has 160 valence electrons. The molecule has 0 spiro atoms. The fourth-order valence-electron chi connectivity index (χ4n) is 2.52. The summed E-state index contributed by atoms with van der Waals surface area (Å²) in [7, 11) is 1.24.